The van der Waals surface area contributed by atoms with Crippen molar-refractivity contribution in [1.29, 1.82) is 0 Å². The zero-order valence-electron chi connectivity index (χ0n) is 16.3. The predicted molar refractivity (Wildman–Crippen MR) is 115 cm³/mol. The van der Waals surface area contributed by atoms with Crippen LogP contribution >= 0.6 is 11.3 Å². The lowest BCUT2D eigenvalue weighted by atomic mass is 9.96. The normalized spacial score (nSPS) is 17.3. The summed E-state index contributed by atoms with van der Waals surface area (Å²) in [6.45, 7) is 1.46. The van der Waals surface area contributed by atoms with E-state index in [9.17, 15) is 9.59 Å². The van der Waals surface area contributed by atoms with E-state index in [1.165, 1.54) is 10.4 Å². The Kier molecular flexibility index (Phi) is 5.71. The van der Waals surface area contributed by atoms with Gasteiger partial charge in [-0.2, -0.15) is 0 Å². The summed E-state index contributed by atoms with van der Waals surface area (Å²) in [4.78, 5) is 34.7. The van der Waals surface area contributed by atoms with Gasteiger partial charge in [-0.15, -0.1) is 11.3 Å². The van der Waals surface area contributed by atoms with E-state index in [-0.39, 0.29) is 17.7 Å². The van der Waals surface area contributed by atoms with Crippen molar-refractivity contribution in [3.63, 3.8) is 0 Å². The molecule has 1 saturated heterocycles. The zero-order chi connectivity index (χ0) is 20.2. The largest absolute Gasteiger partial charge is 0.344 e. The fraction of sp³-hybridized carbons (Fsp3) is 0.261. The van der Waals surface area contributed by atoms with Gasteiger partial charge < -0.3 is 9.80 Å². The highest BCUT2D eigenvalue weighted by Gasteiger charge is 2.31. The van der Waals surface area contributed by atoms with Gasteiger partial charge in [0.25, 0.3) is 5.91 Å². The lowest BCUT2D eigenvalue weighted by Crippen LogP contribution is -2.37. The van der Waals surface area contributed by atoms with E-state index in [0.717, 1.165) is 5.56 Å². The van der Waals surface area contributed by atoms with Crippen LogP contribution in [0, 0.1) is 5.92 Å². The molecule has 2 aromatic heterocycles. The molecule has 4 rings (SSSR count). The third-order valence-electron chi connectivity index (χ3n) is 5.28. The number of carbonyl (C=O) groups is 2. The van der Waals surface area contributed by atoms with Crippen LogP contribution in [0.2, 0.25) is 0 Å². The summed E-state index contributed by atoms with van der Waals surface area (Å²) in [6, 6.07) is 17.8. The molecule has 1 fully saturated rings. The third kappa shape index (κ3) is 4.38. The molecule has 0 N–H and O–H groups in total. The number of carbonyl (C=O) groups excluding carboxylic acids is 2. The number of hydrogen-bond donors (Lipinski definition) is 0. The summed E-state index contributed by atoms with van der Waals surface area (Å²) in [5.74, 6) is -0.293. The highest BCUT2D eigenvalue weighted by Crippen LogP contribution is 2.26. The van der Waals surface area contributed by atoms with Gasteiger partial charge in [0, 0.05) is 37.8 Å². The summed E-state index contributed by atoms with van der Waals surface area (Å²) < 4.78 is 0. The van der Waals surface area contributed by atoms with Gasteiger partial charge in [0.15, 0.2) is 0 Å². The van der Waals surface area contributed by atoms with E-state index in [1.807, 2.05) is 19.2 Å². The van der Waals surface area contributed by atoms with Crippen molar-refractivity contribution in [2.24, 2.45) is 5.92 Å². The molecule has 0 saturated carbocycles. The molecule has 29 heavy (non-hydrogen) atoms. The van der Waals surface area contributed by atoms with E-state index in [1.54, 1.807) is 39.5 Å². The fourth-order valence-electron chi connectivity index (χ4n) is 3.65. The summed E-state index contributed by atoms with van der Waals surface area (Å²) in [5.41, 5.74) is 2.70. The number of aromatic nitrogens is 1. The van der Waals surface area contributed by atoms with Crippen LogP contribution in [0.1, 0.15) is 16.1 Å². The molecule has 3 heterocycles. The van der Waals surface area contributed by atoms with Crippen LogP contribution in [0.3, 0.4) is 0 Å². The Morgan fingerprint density at radius 3 is 2.62 bits per heavy atom. The Morgan fingerprint density at radius 2 is 1.93 bits per heavy atom. The highest BCUT2D eigenvalue weighted by atomic mass is 32.1. The molecule has 6 heteroatoms. The molecule has 2 amide bonds. The Balaban J connectivity index is 1.51. The van der Waals surface area contributed by atoms with Gasteiger partial charge in [0.2, 0.25) is 5.91 Å². The number of hydrogen-bond acceptors (Lipinski definition) is 4. The first kappa shape index (κ1) is 19.3. The van der Waals surface area contributed by atoms with Crippen LogP contribution in [-0.4, -0.2) is 53.3 Å². The van der Waals surface area contributed by atoms with Gasteiger partial charge in [-0.3, -0.25) is 14.6 Å². The number of rotatable bonds is 4. The second kappa shape index (κ2) is 8.57. The smallest absolute Gasteiger partial charge is 0.272 e. The number of amides is 2. The van der Waals surface area contributed by atoms with E-state index >= 15 is 0 Å². The molecule has 1 unspecified atom stereocenters. The van der Waals surface area contributed by atoms with Gasteiger partial charge in [0.1, 0.15) is 5.69 Å². The maximum Gasteiger partial charge on any atom is 0.272 e. The van der Waals surface area contributed by atoms with E-state index in [4.69, 9.17) is 0 Å². The average molecular weight is 406 g/mol. The van der Waals surface area contributed by atoms with Crippen molar-refractivity contribution >= 4 is 23.2 Å². The van der Waals surface area contributed by atoms with Gasteiger partial charge in [-0.25, -0.2) is 0 Å². The molecule has 1 aliphatic heterocycles. The Labute approximate surface area is 174 Å². The molecule has 3 aromatic rings. The molecule has 1 aliphatic rings. The second-order valence-corrected chi connectivity index (χ2v) is 8.25. The van der Waals surface area contributed by atoms with Gasteiger partial charge >= 0.3 is 0 Å². The van der Waals surface area contributed by atoms with Crippen LogP contribution in [0.25, 0.3) is 10.4 Å². The molecule has 0 aliphatic carbocycles. The molecule has 0 bridgehead atoms. The van der Waals surface area contributed by atoms with Crippen molar-refractivity contribution in [3.8, 4) is 10.4 Å². The van der Waals surface area contributed by atoms with Crippen LogP contribution in [0.4, 0.5) is 0 Å². The number of thiophene rings is 1. The molecular formula is C23H23N3O2S. The van der Waals surface area contributed by atoms with E-state index in [0.29, 0.717) is 31.7 Å². The number of likely N-dealkylation sites (N-methyl/N-ethyl adjacent to an activating group) is 1. The molecule has 0 spiro atoms. The molecule has 0 radical (unpaired) electrons. The average Bonchev–Trinajstić information content (AvgIpc) is 3.26. The third-order valence-corrected chi connectivity index (χ3v) is 6.20. The fourth-order valence-corrected chi connectivity index (χ4v) is 4.38. The van der Waals surface area contributed by atoms with Crippen molar-refractivity contribution in [2.75, 3.05) is 26.7 Å². The summed E-state index contributed by atoms with van der Waals surface area (Å²) in [5, 5.41) is 2.07. The summed E-state index contributed by atoms with van der Waals surface area (Å²) in [7, 11) is 1.81. The zero-order valence-corrected chi connectivity index (χ0v) is 17.1. The van der Waals surface area contributed by atoms with Crippen LogP contribution in [0.5, 0.6) is 0 Å². The SMILES string of the molecule is CN1CCN(C(=O)c2ccccn2)CC(Cc2ccc(-c3cccs3)cc2)C1=O. The minimum absolute atomic E-state index is 0.0867. The Hall–Kier alpha value is -2.99. The van der Waals surface area contributed by atoms with Gasteiger partial charge in [-0.05, 0) is 41.1 Å². The van der Waals surface area contributed by atoms with E-state index < -0.39 is 0 Å². The quantitative estimate of drug-likeness (QED) is 0.667. The van der Waals surface area contributed by atoms with Crippen molar-refractivity contribution in [3.05, 3.63) is 77.4 Å². The Morgan fingerprint density at radius 1 is 1.10 bits per heavy atom. The van der Waals surface area contributed by atoms with Gasteiger partial charge in [0.05, 0.1) is 5.92 Å². The first-order chi connectivity index (χ1) is 14.1. The molecular weight excluding hydrogens is 382 g/mol. The minimum Gasteiger partial charge on any atom is -0.344 e. The standard InChI is InChI=1S/C23H23N3O2S/c1-25-12-13-26(23(28)20-5-2-3-11-24-20)16-19(22(25)27)15-17-7-9-18(10-8-17)21-6-4-14-29-21/h2-11,14,19H,12-13,15-16H2,1H3. The van der Waals surface area contributed by atoms with Gasteiger partial charge in [-0.1, -0.05) is 36.4 Å². The number of benzene rings is 1. The molecule has 1 atom stereocenters. The number of nitrogens with zero attached hydrogens (tertiary/aromatic N) is 3. The lowest BCUT2D eigenvalue weighted by molar-refractivity contribution is -0.133. The Bertz CT molecular complexity index is 971. The van der Waals surface area contributed by atoms with E-state index in [2.05, 4.69) is 40.7 Å². The second-order valence-electron chi connectivity index (χ2n) is 7.30. The van der Waals surface area contributed by atoms with Crippen molar-refractivity contribution in [1.82, 2.24) is 14.8 Å². The first-order valence-corrected chi connectivity index (χ1v) is 10.6. The maximum atomic E-state index is 12.9. The molecule has 1 aromatic carbocycles. The van der Waals surface area contributed by atoms with Crippen molar-refractivity contribution in [2.45, 2.75) is 6.42 Å². The van der Waals surface area contributed by atoms with Crippen LogP contribution in [0.15, 0.2) is 66.2 Å². The monoisotopic (exact) mass is 405 g/mol. The van der Waals surface area contributed by atoms with Crippen LogP contribution in [-0.2, 0) is 11.2 Å². The topological polar surface area (TPSA) is 53.5 Å². The molecule has 5 nitrogen and oxygen atoms in total. The number of pyridine rings is 1. The highest BCUT2D eigenvalue weighted by molar-refractivity contribution is 7.13. The first-order valence-electron chi connectivity index (χ1n) is 9.70. The molecule has 148 valence electrons. The summed E-state index contributed by atoms with van der Waals surface area (Å²) in [6.07, 6.45) is 2.23. The summed E-state index contributed by atoms with van der Waals surface area (Å²) >= 11 is 1.71. The lowest BCUT2D eigenvalue weighted by Gasteiger charge is -2.23. The van der Waals surface area contributed by atoms with Crippen LogP contribution < -0.4 is 0 Å². The predicted octanol–water partition coefficient (Wildman–Crippen LogP) is 3.58. The van der Waals surface area contributed by atoms with Crippen molar-refractivity contribution < 1.29 is 9.59 Å². The minimum atomic E-state index is -0.261. The maximum absolute atomic E-state index is 12.9.